The van der Waals surface area contributed by atoms with Crippen LogP contribution in [0.5, 0.6) is 0 Å². The molecule has 0 heterocycles. The number of carbonyl (C=O) groups is 3. The van der Waals surface area contributed by atoms with Crippen LogP contribution in [0.4, 0.5) is 0 Å². The van der Waals surface area contributed by atoms with E-state index >= 15 is 0 Å². The predicted octanol–water partition coefficient (Wildman–Crippen LogP) is -0.980. The van der Waals surface area contributed by atoms with E-state index in [1.54, 1.807) is 0 Å². The summed E-state index contributed by atoms with van der Waals surface area (Å²) in [6, 6.07) is 0. The zero-order valence-electron chi connectivity index (χ0n) is 5.29. The van der Waals surface area contributed by atoms with Crippen molar-refractivity contribution in [3.8, 4) is 0 Å². The van der Waals surface area contributed by atoms with Gasteiger partial charge in [-0.05, 0) is 0 Å². The summed E-state index contributed by atoms with van der Waals surface area (Å²) in [5.41, 5.74) is 4.80. The number of Topliss-reactive ketones (excluding diaryl/α,β-unsaturated/α-hetero) is 2. The lowest BCUT2D eigenvalue weighted by molar-refractivity contribution is -0.135. The third kappa shape index (κ3) is 0.920. The van der Waals surface area contributed by atoms with Crippen LogP contribution in [-0.4, -0.2) is 17.5 Å². The Balaban J connectivity index is 2.82. The van der Waals surface area contributed by atoms with Gasteiger partial charge in [0.1, 0.15) is 0 Å². The molecule has 0 spiro atoms. The summed E-state index contributed by atoms with van der Waals surface area (Å²) in [6.07, 6.45) is 0.346. The molecule has 0 aromatic carbocycles. The number of hydrogen-bond acceptors (Lipinski definition) is 3. The van der Waals surface area contributed by atoms with E-state index in [0.717, 1.165) is 0 Å². The molecule has 1 rings (SSSR count). The standard InChI is InChI=1S/C6H7NO3/c7-6(10)5-3(8)1-2-4(5)9/h5H,1-2H2,(H2,7,10). The lowest BCUT2D eigenvalue weighted by Crippen LogP contribution is -2.31. The first-order valence-electron chi connectivity index (χ1n) is 2.97. The van der Waals surface area contributed by atoms with Crippen LogP contribution in [0.2, 0.25) is 0 Å². The normalized spacial score (nSPS) is 20.0. The van der Waals surface area contributed by atoms with Gasteiger partial charge in [0.15, 0.2) is 17.5 Å². The van der Waals surface area contributed by atoms with Gasteiger partial charge in [-0.25, -0.2) is 0 Å². The van der Waals surface area contributed by atoms with Crippen LogP contribution in [0.15, 0.2) is 0 Å². The molecule has 0 unspecified atom stereocenters. The van der Waals surface area contributed by atoms with Crippen LogP contribution in [0, 0.1) is 5.92 Å². The molecule has 4 nitrogen and oxygen atoms in total. The Hall–Kier alpha value is -1.19. The van der Waals surface area contributed by atoms with E-state index in [0.29, 0.717) is 0 Å². The lowest BCUT2D eigenvalue weighted by atomic mass is 10.1. The Bertz CT molecular complexity index is 193. The summed E-state index contributed by atoms with van der Waals surface area (Å²) >= 11 is 0. The van der Waals surface area contributed by atoms with E-state index in [1.807, 2.05) is 0 Å². The Labute approximate surface area is 57.4 Å². The van der Waals surface area contributed by atoms with E-state index in [-0.39, 0.29) is 24.4 Å². The van der Waals surface area contributed by atoms with Gasteiger partial charge in [0.25, 0.3) is 0 Å². The highest BCUT2D eigenvalue weighted by Gasteiger charge is 2.36. The first kappa shape index (κ1) is 6.92. The molecule has 1 amide bonds. The third-order valence-electron chi connectivity index (χ3n) is 1.55. The van der Waals surface area contributed by atoms with E-state index in [1.165, 1.54) is 0 Å². The summed E-state index contributed by atoms with van der Waals surface area (Å²) in [5, 5.41) is 0. The molecule has 0 aromatic heterocycles. The molecule has 1 saturated carbocycles. The molecule has 1 fully saturated rings. The Morgan fingerprint density at radius 1 is 1.30 bits per heavy atom. The maximum absolute atomic E-state index is 10.7. The maximum atomic E-state index is 10.7. The minimum atomic E-state index is -1.14. The van der Waals surface area contributed by atoms with E-state index in [9.17, 15) is 14.4 Å². The second kappa shape index (κ2) is 2.21. The molecule has 1 aliphatic carbocycles. The zero-order valence-corrected chi connectivity index (χ0v) is 5.29. The van der Waals surface area contributed by atoms with E-state index < -0.39 is 11.8 Å². The van der Waals surface area contributed by atoms with Gasteiger partial charge in [0.05, 0.1) is 0 Å². The van der Waals surface area contributed by atoms with Crippen molar-refractivity contribution in [1.29, 1.82) is 0 Å². The smallest absolute Gasteiger partial charge is 0.235 e. The number of amides is 1. The number of rotatable bonds is 1. The van der Waals surface area contributed by atoms with Gasteiger partial charge in [0.2, 0.25) is 5.91 Å². The fraction of sp³-hybridized carbons (Fsp3) is 0.500. The first-order valence-corrected chi connectivity index (χ1v) is 2.97. The van der Waals surface area contributed by atoms with E-state index in [2.05, 4.69) is 0 Å². The van der Waals surface area contributed by atoms with Crippen LogP contribution in [-0.2, 0) is 14.4 Å². The van der Waals surface area contributed by atoms with Crippen molar-refractivity contribution in [2.24, 2.45) is 11.7 Å². The van der Waals surface area contributed by atoms with Crippen molar-refractivity contribution in [2.75, 3.05) is 0 Å². The summed E-state index contributed by atoms with van der Waals surface area (Å²) in [5.74, 6) is -2.62. The summed E-state index contributed by atoms with van der Waals surface area (Å²) in [4.78, 5) is 31.8. The Morgan fingerprint density at radius 3 is 1.90 bits per heavy atom. The van der Waals surface area contributed by atoms with Gasteiger partial charge in [-0.3, -0.25) is 14.4 Å². The molecule has 54 valence electrons. The molecule has 2 N–H and O–H groups in total. The predicted molar refractivity (Wildman–Crippen MR) is 31.9 cm³/mol. The SMILES string of the molecule is NC(=O)C1C(=O)CCC1=O. The molecule has 0 bridgehead atoms. The van der Waals surface area contributed by atoms with Crippen molar-refractivity contribution < 1.29 is 14.4 Å². The number of ketones is 2. The van der Waals surface area contributed by atoms with Crippen LogP contribution in [0.25, 0.3) is 0 Å². The first-order chi connectivity index (χ1) is 4.63. The van der Waals surface area contributed by atoms with E-state index in [4.69, 9.17) is 5.73 Å². The van der Waals surface area contributed by atoms with Crippen molar-refractivity contribution >= 4 is 17.5 Å². The fourth-order valence-electron chi connectivity index (χ4n) is 1.03. The van der Waals surface area contributed by atoms with Gasteiger partial charge >= 0.3 is 0 Å². The maximum Gasteiger partial charge on any atom is 0.235 e. The molecular formula is C6H7NO3. The quantitative estimate of drug-likeness (QED) is 0.477. The summed E-state index contributed by atoms with van der Waals surface area (Å²) in [7, 11) is 0. The highest BCUT2D eigenvalue weighted by atomic mass is 16.2. The average molecular weight is 141 g/mol. The molecular weight excluding hydrogens is 134 g/mol. The lowest BCUT2D eigenvalue weighted by Gasteiger charge is -1.97. The molecule has 0 saturated heterocycles. The summed E-state index contributed by atoms with van der Waals surface area (Å²) < 4.78 is 0. The third-order valence-corrected chi connectivity index (χ3v) is 1.55. The average Bonchev–Trinajstić information content (AvgIpc) is 2.11. The Kier molecular flexibility index (Phi) is 1.53. The van der Waals surface area contributed by atoms with Crippen molar-refractivity contribution in [2.45, 2.75) is 12.8 Å². The molecule has 4 heteroatoms. The minimum absolute atomic E-state index is 0.173. The van der Waals surface area contributed by atoms with Gasteiger partial charge in [-0.15, -0.1) is 0 Å². The van der Waals surface area contributed by atoms with Crippen LogP contribution in [0.3, 0.4) is 0 Å². The minimum Gasteiger partial charge on any atom is -0.369 e. The molecule has 0 radical (unpaired) electrons. The Morgan fingerprint density at radius 2 is 1.70 bits per heavy atom. The van der Waals surface area contributed by atoms with Crippen molar-refractivity contribution in [1.82, 2.24) is 0 Å². The van der Waals surface area contributed by atoms with Gasteiger partial charge in [-0.1, -0.05) is 0 Å². The van der Waals surface area contributed by atoms with Crippen LogP contribution >= 0.6 is 0 Å². The van der Waals surface area contributed by atoms with Gasteiger partial charge < -0.3 is 5.73 Å². The topological polar surface area (TPSA) is 77.2 Å². The van der Waals surface area contributed by atoms with Crippen LogP contribution in [0.1, 0.15) is 12.8 Å². The van der Waals surface area contributed by atoms with Crippen molar-refractivity contribution in [3.05, 3.63) is 0 Å². The number of hydrogen-bond donors (Lipinski definition) is 1. The number of primary amides is 1. The molecule has 0 aliphatic heterocycles. The summed E-state index contributed by atoms with van der Waals surface area (Å²) in [6.45, 7) is 0. The molecule has 10 heavy (non-hydrogen) atoms. The monoisotopic (exact) mass is 141 g/mol. The molecule has 1 aliphatic rings. The second-order valence-electron chi connectivity index (χ2n) is 2.27. The largest absolute Gasteiger partial charge is 0.369 e. The highest BCUT2D eigenvalue weighted by Crippen LogP contribution is 2.16. The number of nitrogens with two attached hydrogens (primary N) is 1. The zero-order chi connectivity index (χ0) is 7.72. The van der Waals surface area contributed by atoms with Gasteiger partial charge in [0, 0.05) is 12.8 Å². The second-order valence-corrected chi connectivity index (χ2v) is 2.27. The van der Waals surface area contributed by atoms with Gasteiger partial charge in [-0.2, -0.15) is 0 Å². The molecule has 0 aromatic rings. The molecule has 0 atom stereocenters. The van der Waals surface area contributed by atoms with Crippen molar-refractivity contribution in [3.63, 3.8) is 0 Å². The fourth-order valence-corrected chi connectivity index (χ4v) is 1.03. The highest BCUT2D eigenvalue weighted by molar-refractivity contribution is 6.22. The number of carbonyl (C=O) groups excluding carboxylic acids is 3. The van der Waals surface area contributed by atoms with Crippen LogP contribution < -0.4 is 5.73 Å².